The molecule has 0 aliphatic carbocycles. The van der Waals surface area contributed by atoms with Crippen molar-refractivity contribution in [3.05, 3.63) is 29.8 Å². The summed E-state index contributed by atoms with van der Waals surface area (Å²) in [4.78, 5) is 22.3. The molecule has 1 amide bonds. The Morgan fingerprint density at radius 2 is 2.00 bits per heavy atom. The zero-order chi connectivity index (χ0) is 13.5. The highest BCUT2D eigenvalue weighted by Crippen LogP contribution is 2.14. The van der Waals surface area contributed by atoms with Crippen molar-refractivity contribution in [3.63, 3.8) is 0 Å². The molecule has 0 aromatic heterocycles. The fourth-order valence-electron chi connectivity index (χ4n) is 1.51. The number of hydrogen-bond donors (Lipinski definition) is 2. The third-order valence-corrected chi connectivity index (χ3v) is 2.48. The van der Waals surface area contributed by atoms with E-state index in [1.54, 1.807) is 6.92 Å². The van der Waals surface area contributed by atoms with E-state index in [2.05, 4.69) is 15.4 Å². The average Bonchev–Trinajstić information content (AvgIpc) is 2.35. The van der Waals surface area contributed by atoms with E-state index >= 15 is 0 Å². The van der Waals surface area contributed by atoms with Gasteiger partial charge in [0, 0.05) is 19.2 Å². The normalized spacial score (nSPS) is 11.7. The zero-order valence-electron chi connectivity index (χ0n) is 10.8. The molecule has 1 atom stereocenters. The largest absolute Gasteiger partial charge is 0.468 e. The molecule has 2 N–H and O–H groups in total. The predicted molar refractivity (Wildman–Crippen MR) is 69.1 cm³/mol. The molecule has 18 heavy (non-hydrogen) atoms. The Balaban J connectivity index is 2.66. The molecule has 0 spiro atoms. The van der Waals surface area contributed by atoms with Crippen LogP contribution in [0.25, 0.3) is 0 Å². The molecule has 0 aliphatic rings. The molecule has 0 radical (unpaired) electrons. The van der Waals surface area contributed by atoms with E-state index in [1.165, 1.54) is 14.0 Å². The quantitative estimate of drug-likeness (QED) is 0.773. The Morgan fingerprint density at radius 1 is 1.33 bits per heavy atom. The summed E-state index contributed by atoms with van der Waals surface area (Å²) in [7, 11) is 1.35. The summed E-state index contributed by atoms with van der Waals surface area (Å²) in [5, 5.41) is 5.78. The lowest BCUT2D eigenvalue weighted by Crippen LogP contribution is -2.34. The molecule has 0 heterocycles. The average molecular weight is 250 g/mol. The standard InChI is InChI=1S/C13H18N2O3/c1-9(13(17)18-3)14-8-11-6-4-5-7-12(11)15-10(2)16/h4-7,9,14H,8H2,1-3H3,(H,15,16)/t9-/m0/s1. The molecule has 1 aromatic carbocycles. The molecule has 0 saturated carbocycles. The number of carbonyl (C=O) groups excluding carboxylic acids is 2. The number of ether oxygens (including phenoxy) is 1. The van der Waals surface area contributed by atoms with Gasteiger partial charge in [-0.3, -0.25) is 9.59 Å². The third-order valence-electron chi connectivity index (χ3n) is 2.48. The third kappa shape index (κ3) is 4.18. The van der Waals surface area contributed by atoms with Gasteiger partial charge in [0.05, 0.1) is 7.11 Å². The zero-order valence-corrected chi connectivity index (χ0v) is 10.8. The number of methoxy groups -OCH3 is 1. The molecule has 0 unspecified atom stereocenters. The SMILES string of the molecule is COC(=O)[C@H](C)NCc1ccccc1NC(C)=O. The Hall–Kier alpha value is -1.88. The van der Waals surface area contributed by atoms with Gasteiger partial charge in [-0.2, -0.15) is 0 Å². The van der Waals surface area contributed by atoms with Crippen LogP contribution in [-0.4, -0.2) is 25.0 Å². The van der Waals surface area contributed by atoms with Crippen LogP contribution in [-0.2, 0) is 20.9 Å². The first-order chi connectivity index (χ1) is 8.54. The van der Waals surface area contributed by atoms with Crippen molar-refractivity contribution in [2.75, 3.05) is 12.4 Å². The van der Waals surface area contributed by atoms with Gasteiger partial charge in [0.15, 0.2) is 0 Å². The maximum absolute atomic E-state index is 11.2. The number of nitrogens with one attached hydrogen (secondary N) is 2. The van der Waals surface area contributed by atoms with Gasteiger partial charge in [0.1, 0.15) is 6.04 Å². The first kappa shape index (κ1) is 14.2. The second-order valence-electron chi connectivity index (χ2n) is 3.96. The molecule has 5 heteroatoms. The summed E-state index contributed by atoms with van der Waals surface area (Å²) in [6.45, 7) is 3.67. The van der Waals surface area contributed by atoms with E-state index < -0.39 is 0 Å². The molecule has 0 fully saturated rings. The van der Waals surface area contributed by atoms with Crippen molar-refractivity contribution in [2.45, 2.75) is 26.4 Å². The van der Waals surface area contributed by atoms with Crippen LogP contribution in [0, 0.1) is 0 Å². The van der Waals surface area contributed by atoms with Gasteiger partial charge in [0.2, 0.25) is 5.91 Å². The van der Waals surface area contributed by atoms with Gasteiger partial charge >= 0.3 is 5.97 Å². The molecule has 5 nitrogen and oxygen atoms in total. The monoisotopic (exact) mass is 250 g/mol. The van der Waals surface area contributed by atoms with Gasteiger partial charge in [0.25, 0.3) is 0 Å². The second kappa shape index (κ2) is 6.76. The minimum Gasteiger partial charge on any atom is -0.468 e. The highest BCUT2D eigenvalue weighted by atomic mass is 16.5. The number of amides is 1. The molecule has 1 aromatic rings. The van der Waals surface area contributed by atoms with Crippen molar-refractivity contribution in [1.29, 1.82) is 0 Å². The van der Waals surface area contributed by atoms with E-state index in [0.29, 0.717) is 6.54 Å². The summed E-state index contributed by atoms with van der Waals surface area (Å²) >= 11 is 0. The summed E-state index contributed by atoms with van der Waals surface area (Å²) in [6, 6.07) is 7.05. The number of hydrogen-bond acceptors (Lipinski definition) is 4. The summed E-state index contributed by atoms with van der Waals surface area (Å²) in [5.41, 5.74) is 1.66. The van der Waals surface area contributed by atoms with E-state index in [-0.39, 0.29) is 17.9 Å². The maximum atomic E-state index is 11.2. The fraction of sp³-hybridized carbons (Fsp3) is 0.385. The first-order valence-corrected chi connectivity index (χ1v) is 5.71. The fourth-order valence-corrected chi connectivity index (χ4v) is 1.51. The van der Waals surface area contributed by atoms with Gasteiger partial charge in [-0.05, 0) is 18.6 Å². The van der Waals surface area contributed by atoms with Gasteiger partial charge in [-0.25, -0.2) is 0 Å². The number of carbonyl (C=O) groups is 2. The predicted octanol–water partition coefficient (Wildman–Crippen LogP) is 1.30. The van der Waals surface area contributed by atoms with Crippen LogP contribution in [0.1, 0.15) is 19.4 Å². The number of benzene rings is 1. The van der Waals surface area contributed by atoms with Gasteiger partial charge in [-0.15, -0.1) is 0 Å². The Kier molecular flexibility index (Phi) is 5.32. The lowest BCUT2D eigenvalue weighted by Gasteiger charge is -2.14. The topological polar surface area (TPSA) is 67.4 Å². The van der Waals surface area contributed by atoms with Crippen molar-refractivity contribution in [3.8, 4) is 0 Å². The first-order valence-electron chi connectivity index (χ1n) is 5.71. The lowest BCUT2D eigenvalue weighted by atomic mass is 10.1. The smallest absolute Gasteiger partial charge is 0.322 e. The van der Waals surface area contributed by atoms with E-state index in [4.69, 9.17) is 0 Å². The maximum Gasteiger partial charge on any atom is 0.322 e. The molecular weight excluding hydrogens is 232 g/mol. The Labute approximate surface area is 107 Å². The van der Waals surface area contributed by atoms with E-state index in [9.17, 15) is 9.59 Å². The van der Waals surface area contributed by atoms with Crippen molar-refractivity contribution in [1.82, 2.24) is 5.32 Å². The van der Waals surface area contributed by atoms with Crippen LogP contribution in [0.5, 0.6) is 0 Å². The molecule has 98 valence electrons. The van der Waals surface area contributed by atoms with Crippen molar-refractivity contribution in [2.24, 2.45) is 0 Å². The van der Waals surface area contributed by atoms with E-state index in [0.717, 1.165) is 11.3 Å². The summed E-state index contributed by atoms with van der Waals surface area (Å²) in [5.74, 6) is -0.435. The van der Waals surface area contributed by atoms with Crippen molar-refractivity contribution >= 4 is 17.6 Å². The van der Waals surface area contributed by atoms with Crippen LogP contribution in [0.15, 0.2) is 24.3 Å². The molecule has 0 bridgehead atoms. The molecule has 0 aliphatic heterocycles. The minimum absolute atomic E-state index is 0.122. The number of anilines is 1. The summed E-state index contributed by atoms with van der Waals surface area (Å²) in [6.07, 6.45) is 0. The number of rotatable bonds is 5. The highest BCUT2D eigenvalue weighted by molar-refractivity contribution is 5.89. The van der Waals surface area contributed by atoms with Crippen LogP contribution in [0.4, 0.5) is 5.69 Å². The van der Waals surface area contributed by atoms with Gasteiger partial charge in [-0.1, -0.05) is 18.2 Å². The molecular formula is C13H18N2O3. The Bertz CT molecular complexity index is 432. The van der Waals surface area contributed by atoms with Crippen LogP contribution in [0.2, 0.25) is 0 Å². The molecule has 0 saturated heterocycles. The molecule has 1 rings (SSSR count). The number of esters is 1. The minimum atomic E-state index is -0.389. The van der Waals surface area contributed by atoms with Gasteiger partial charge < -0.3 is 15.4 Å². The van der Waals surface area contributed by atoms with Crippen LogP contribution >= 0.6 is 0 Å². The Morgan fingerprint density at radius 3 is 2.61 bits per heavy atom. The van der Waals surface area contributed by atoms with Crippen molar-refractivity contribution < 1.29 is 14.3 Å². The van der Waals surface area contributed by atoms with E-state index in [1.807, 2.05) is 24.3 Å². The number of para-hydroxylation sites is 1. The lowest BCUT2D eigenvalue weighted by molar-refractivity contribution is -0.142. The van der Waals surface area contributed by atoms with Crippen LogP contribution in [0.3, 0.4) is 0 Å². The highest BCUT2D eigenvalue weighted by Gasteiger charge is 2.12. The summed E-state index contributed by atoms with van der Waals surface area (Å²) < 4.78 is 4.62. The second-order valence-corrected chi connectivity index (χ2v) is 3.96. The van der Waals surface area contributed by atoms with Crippen LogP contribution < -0.4 is 10.6 Å².